The Hall–Kier alpha value is -3.41. The van der Waals surface area contributed by atoms with Gasteiger partial charge in [-0.2, -0.15) is 0 Å². The number of rotatable bonds is 6. The number of fused-ring (bicyclic) bond motifs is 1. The predicted molar refractivity (Wildman–Crippen MR) is 104 cm³/mol. The molecular weight excluding hydrogens is 406 g/mol. The molecule has 3 aromatic rings. The molecule has 9 nitrogen and oxygen atoms in total. The van der Waals surface area contributed by atoms with Crippen molar-refractivity contribution in [3.05, 3.63) is 48.1 Å². The Labute approximate surface area is 164 Å². The number of hydrogen-bond donors (Lipinski definition) is 3. The van der Waals surface area contributed by atoms with Crippen LogP contribution in [-0.2, 0) is 10.0 Å². The molecule has 0 unspecified atom stereocenters. The third-order valence-corrected chi connectivity index (χ3v) is 5.37. The summed E-state index contributed by atoms with van der Waals surface area (Å²) in [7, 11) is -3.82. The summed E-state index contributed by atoms with van der Waals surface area (Å²) in [5.41, 5.74) is 4.47. The Kier molecular flexibility index (Phi) is 5.55. The van der Waals surface area contributed by atoms with Crippen molar-refractivity contribution in [3.8, 4) is 0 Å². The van der Waals surface area contributed by atoms with E-state index in [1.54, 1.807) is 6.92 Å². The summed E-state index contributed by atoms with van der Waals surface area (Å²) in [5, 5.41) is 2.39. The molecule has 1 amide bonds. The van der Waals surface area contributed by atoms with Gasteiger partial charge in [0.25, 0.3) is 5.91 Å². The zero-order valence-electron chi connectivity index (χ0n) is 15.1. The molecule has 0 saturated heterocycles. The van der Waals surface area contributed by atoms with Gasteiger partial charge in [0.1, 0.15) is 23.6 Å². The van der Waals surface area contributed by atoms with E-state index in [0.29, 0.717) is 11.8 Å². The second-order valence-corrected chi connectivity index (χ2v) is 7.84. The number of nitrogen functional groups attached to an aromatic ring is 1. The lowest BCUT2D eigenvalue weighted by atomic mass is 10.1. The molecule has 0 saturated carbocycles. The Balaban J connectivity index is 1.98. The van der Waals surface area contributed by atoms with Crippen LogP contribution in [0.3, 0.4) is 0 Å². The molecule has 2 heterocycles. The molecular formula is C17H16F2N6O3S. The highest BCUT2D eigenvalue weighted by Gasteiger charge is 2.21. The van der Waals surface area contributed by atoms with E-state index in [4.69, 9.17) is 5.73 Å². The molecule has 3 rings (SSSR count). The fourth-order valence-corrected chi connectivity index (χ4v) is 3.71. The van der Waals surface area contributed by atoms with E-state index in [1.807, 2.05) is 4.72 Å². The topological polar surface area (TPSA) is 140 Å². The Morgan fingerprint density at radius 2 is 1.97 bits per heavy atom. The average Bonchev–Trinajstić information content (AvgIpc) is 2.67. The molecule has 0 fully saturated rings. The van der Waals surface area contributed by atoms with Crippen LogP contribution >= 0.6 is 0 Å². The predicted octanol–water partition coefficient (Wildman–Crippen LogP) is 2.29. The summed E-state index contributed by atoms with van der Waals surface area (Å²) in [6, 6.07) is 1.77. The van der Waals surface area contributed by atoms with Crippen molar-refractivity contribution in [2.45, 2.75) is 13.3 Å². The summed E-state index contributed by atoms with van der Waals surface area (Å²) in [6.45, 7) is 1.64. The fraction of sp³-hybridized carbons (Fsp3) is 0.176. The number of sulfonamides is 1. The van der Waals surface area contributed by atoms with Gasteiger partial charge in [-0.25, -0.2) is 27.2 Å². The number of benzene rings is 1. The minimum absolute atomic E-state index is 0.0850. The first-order valence-electron chi connectivity index (χ1n) is 8.37. The van der Waals surface area contributed by atoms with Crippen LogP contribution in [0.5, 0.6) is 0 Å². The van der Waals surface area contributed by atoms with Crippen LogP contribution in [0.25, 0.3) is 10.9 Å². The first kappa shape index (κ1) is 20.3. The molecule has 29 heavy (non-hydrogen) atoms. The minimum Gasteiger partial charge on any atom is -0.383 e. The van der Waals surface area contributed by atoms with Crippen molar-refractivity contribution >= 4 is 44.0 Å². The third kappa shape index (κ3) is 4.21. The van der Waals surface area contributed by atoms with E-state index in [1.165, 1.54) is 6.20 Å². The largest absolute Gasteiger partial charge is 0.383 e. The normalized spacial score (nSPS) is 11.4. The summed E-state index contributed by atoms with van der Waals surface area (Å²) >= 11 is 0. The maximum absolute atomic E-state index is 14.7. The summed E-state index contributed by atoms with van der Waals surface area (Å²) in [5.74, 6) is -3.42. The summed E-state index contributed by atoms with van der Waals surface area (Å²) < 4.78 is 54.7. The molecule has 0 aliphatic carbocycles. The van der Waals surface area contributed by atoms with Crippen molar-refractivity contribution in [2.24, 2.45) is 0 Å². The molecule has 152 valence electrons. The van der Waals surface area contributed by atoms with Gasteiger partial charge in [-0.3, -0.25) is 14.5 Å². The minimum atomic E-state index is -3.82. The second kappa shape index (κ2) is 7.91. The van der Waals surface area contributed by atoms with Gasteiger partial charge in [0.15, 0.2) is 5.82 Å². The number of nitrogens with one attached hydrogen (secondary N) is 2. The van der Waals surface area contributed by atoms with Gasteiger partial charge in [0.05, 0.1) is 27.9 Å². The van der Waals surface area contributed by atoms with Crippen molar-refractivity contribution in [1.29, 1.82) is 0 Å². The van der Waals surface area contributed by atoms with Crippen LogP contribution < -0.4 is 15.8 Å². The zero-order chi connectivity index (χ0) is 21.2. The van der Waals surface area contributed by atoms with Crippen LogP contribution in [0.15, 0.2) is 30.9 Å². The Morgan fingerprint density at radius 1 is 1.21 bits per heavy atom. The Bertz CT molecular complexity index is 1200. The smallest absolute Gasteiger partial charge is 0.259 e. The van der Waals surface area contributed by atoms with Gasteiger partial charge in [0.2, 0.25) is 10.0 Å². The van der Waals surface area contributed by atoms with Gasteiger partial charge in [-0.1, -0.05) is 6.92 Å². The van der Waals surface area contributed by atoms with Crippen molar-refractivity contribution in [3.63, 3.8) is 0 Å². The van der Waals surface area contributed by atoms with E-state index in [2.05, 4.69) is 20.3 Å². The number of amides is 1. The van der Waals surface area contributed by atoms with Crippen LogP contribution in [0.2, 0.25) is 0 Å². The highest BCUT2D eigenvalue weighted by Crippen LogP contribution is 2.28. The zero-order valence-corrected chi connectivity index (χ0v) is 15.9. The lowest BCUT2D eigenvalue weighted by Crippen LogP contribution is -2.19. The molecule has 0 atom stereocenters. The number of halogens is 2. The van der Waals surface area contributed by atoms with Gasteiger partial charge in [-0.15, -0.1) is 0 Å². The highest BCUT2D eigenvalue weighted by molar-refractivity contribution is 7.92. The number of hydrogen-bond acceptors (Lipinski definition) is 7. The monoisotopic (exact) mass is 422 g/mol. The number of aromatic nitrogens is 3. The summed E-state index contributed by atoms with van der Waals surface area (Å²) in [6.07, 6.45) is 3.96. The number of nitrogens with two attached hydrogens (primary N) is 1. The van der Waals surface area contributed by atoms with Gasteiger partial charge >= 0.3 is 0 Å². The average molecular weight is 422 g/mol. The second-order valence-electron chi connectivity index (χ2n) is 6.00. The van der Waals surface area contributed by atoms with Gasteiger partial charge < -0.3 is 11.1 Å². The van der Waals surface area contributed by atoms with Crippen LogP contribution in [0, 0.1) is 11.6 Å². The SMILES string of the molecule is CCCS(=O)(=O)Nc1ccc(F)c(NC(=O)c2cncc3c(N)ncnc23)c1F. The van der Waals surface area contributed by atoms with Gasteiger partial charge in [0, 0.05) is 12.4 Å². The van der Waals surface area contributed by atoms with Crippen LogP contribution in [-0.4, -0.2) is 35.0 Å². The lowest BCUT2D eigenvalue weighted by molar-refractivity contribution is 0.102. The van der Waals surface area contributed by atoms with E-state index in [-0.39, 0.29) is 22.7 Å². The molecule has 12 heteroatoms. The highest BCUT2D eigenvalue weighted by atomic mass is 32.2. The molecule has 0 bridgehead atoms. The van der Waals surface area contributed by atoms with E-state index in [9.17, 15) is 22.0 Å². The summed E-state index contributed by atoms with van der Waals surface area (Å²) in [4.78, 5) is 24.2. The van der Waals surface area contributed by atoms with Crippen LogP contribution in [0.1, 0.15) is 23.7 Å². The van der Waals surface area contributed by atoms with E-state index in [0.717, 1.165) is 24.7 Å². The van der Waals surface area contributed by atoms with Gasteiger partial charge in [-0.05, 0) is 18.6 Å². The lowest BCUT2D eigenvalue weighted by Gasteiger charge is -2.13. The number of pyridine rings is 1. The first-order chi connectivity index (χ1) is 13.7. The fourth-order valence-electron chi connectivity index (χ4n) is 2.58. The Morgan fingerprint density at radius 3 is 2.69 bits per heavy atom. The molecule has 2 aromatic heterocycles. The van der Waals surface area contributed by atoms with Crippen molar-refractivity contribution in [1.82, 2.24) is 15.0 Å². The quantitative estimate of drug-likeness (QED) is 0.554. The van der Waals surface area contributed by atoms with Crippen molar-refractivity contribution in [2.75, 3.05) is 21.5 Å². The maximum atomic E-state index is 14.7. The van der Waals surface area contributed by atoms with E-state index >= 15 is 0 Å². The number of nitrogens with zero attached hydrogens (tertiary/aromatic N) is 3. The molecule has 0 spiro atoms. The standard InChI is InChI=1S/C17H16F2N6O3S/c1-2-5-29(27,28)25-12-4-3-11(18)15(13(12)19)24-17(26)10-7-21-6-9-14(10)22-8-23-16(9)20/h3-4,6-8,25H,2,5H2,1H3,(H,24,26)(H2,20,22,23). The maximum Gasteiger partial charge on any atom is 0.259 e. The number of carbonyl (C=O) groups is 1. The molecule has 1 aromatic carbocycles. The third-order valence-electron chi connectivity index (χ3n) is 3.89. The first-order valence-corrected chi connectivity index (χ1v) is 10.0. The molecule has 0 aliphatic heterocycles. The molecule has 4 N–H and O–H groups in total. The van der Waals surface area contributed by atoms with Crippen LogP contribution in [0.4, 0.5) is 26.0 Å². The van der Waals surface area contributed by atoms with Crippen molar-refractivity contribution < 1.29 is 22.0 Å². The number of carbonyl (C=O) groups excluding carboxylic acids is 1. The molecule has 0 aliphatic rings. The van der Waals surface area contributed by atoms with E-state index < -0.39 is 38.9 Å². The number of anilines is 3. The molecule has 0 radical (unpaired) electrons.